The molecule has 1 aromatic heterocycles. The summed E-state index contributed by atoms with van der Waals surface area (Å²) in [6, 6.07) is 3.19. The van der Waals surface area contributed by atoms with Gasteiger partial charge in [0.05, 0.1) is 6.54 Å². The lowest BCUT2D eigenvalue weighted by atomic mass is 10.3. The fraction of sp³-hybridized carbons (Fsp3) is 0.625. The van der Waals surface area contributed by atoms with Gasteiger partial charge in [-0.05, 0) is 38.9 Å². The molecule has 0 N–H and O–H groups in total. The number of nitrogens with zero attached hydrogens (tertiary/aromatic N) is 4. The minimum absolute atomic E-state index is 0.101. The van der Waals surface area contributed by atoms with Gasteiger partial charge in [0.2, 0.25) is 15.9 Å². The van der Waals surface area contributed by atoms with Crippen molar-refractivity contribution in [3.63, 3.8) is 0 Å². The maximum Gasteiger partial charge on any atom is 0.244 e. The maximum absolute atomic E-state index is 12.7. The number of likely N-dealkylation sites (N-methyl/N-ethyl adjacent to an activating group) is 1. The molecule has 0 atom stereocenters. The first-order chi connectivity index (χ1) is 11.5. The average molecular weight is 354 g/mol. The van der Waals surface area contributed by atoms with Crippen LogP contribution in [0.4, 0.5) is 0 Å². The lowest BCUT2D eigenvalue weighted by Crippen LogP contribution is -2.42. The van der Waals surface area contributed by atoms with Crippen LogP contribution >= 0.6 is 0 Å². The van der Waals surface area contributed by atoms with E-state index in [1.807, 2.05) is 18.7 Å². The van der Waals surface area contributed by atoms with Gasteiger partial charge in [0.25, 0.3) is 0 Å². The van der Waals surface area contributed by atoms with E-state index in [0.29, 0.717) is 45.7 Å². The minimum atomic E-state index is -3.51. The molecule has 1 aliphatic rings. The molecule has 24 heavy (non-hydrogen) atoms. The smallest absolute Gasteiger partial charge is 0.244 e. The van der Waals surface area contributed by atoms with Gasteiger partial charge in [0.1, 0.15) is 4.90 Å². The molecule has 0 aromatic carbocycles. The van der Waals surface area contributed by atoms with Gasteiger partial charge >= 0.3 is 0 Å². The number of carbonyl (C=O) groups is 1. The second kappa shape index (κ2) is 8.55. The van der Waals surface area contributed by atoms with Crippen LogP contribution in [0.2, 0.25) is 0 Å². The van der Waals surface area contributed by atoms with Crippen molar-refractivity contribution in [3.05, 3.63) is 24.5 Å². The monoisotopic (exact) mass is 354 g/mol. The maximum atomic E-state index is 12.7. The third-order valence-corrected chi connectivity index (χ3v) is 6.18. The Kier molecular flexibility index (Phi) is 6.70. The normalized spacial score (nSPS) is 17.4. The van der Waals surface area contributed by atoms with Crippen LogP contribution in [0.1, 0.15) is 20.3 Å². The van der Waals surface area contributed by atoms with Crippen molar-refractivity contribution in [1.82, 2.24) is 19.1 Å². The first-order valence-electron chi connectivity index (χ1n) is 8.39. The first kappa shape index (κ1) is 18.8. The summed E-state index contributed by atoms with van der Waals surface area (Å²) in [5.74, 6) is 0.101. The van der Waals surface area contributed by atoms with Crippen molar-refractivity contribution in [3.8, 4) is 0 Å². The molecule has 1 fully saturated rings. The lowest BCUT2D eigenvalue weighted by molar-refractivity contribution is -0.132. The molecule has 2 heterocycles. The first-order valence-corrected chi connectivity index (χ1v) is 9.83. The Labute approximate surface area is 144 Å². The molecule has 7 nitrogen and oxygen atoms in total. The third kappa shape index (κ3) is 4.52. The van der Waals surface area contributed by atoms with Crippen LogP contribution in [0, 0.1) is 0 Å². The van der Waals surface area contributed by atoms with Crippen molar-refractivity contribution in [2.45, 2.75) is 25.2 Å². The fourth-order valence-corrected chi connectivity index (χ4v) is 4.30. The van der Waals surface area contributed by atoms with Gasteiger partial charge in [0, 0.05) is 45.1 Å². The Balaban J connectivity index is 1.99. The molecule has 1 aliphatic heterocycles. The quantitative estimate of drug-likeness (QED) is 0.750. The zero-order valence-electron chi connectivity index (χ0n) is 14.4. The average Bonchev–Trinajstić information content (AvgIpc) is 2.83. The van der Waals surface area contributed by atoms with E-state index in [4.69, 9.17) is 0 Å². The van der Waals surface area contributed by atoms with Gasteiger partial charge in [-0.3, -0.25) is 14.7 Å². The highest BCUT2D eigenvalue weighted by Gasteiger charge is 2.27. The summed E-state index contributed by atoms with van der Waals surface area (Å²) in [5.41, 5.74) is 0. The van der Waals surface area contributed by atoms with Crippen LogP contribution in [-0.4, -0.2) is 79.2 Å². The topological polar surface area (TPSA) is 73.8 Å². The second-order valence-electron chi connectivity index (χ2n) is 5.79. The summed E-state index contributed by atoms with van der Waals surface area (Å²) in [5, 5.41) is 0. The van der Waals surface area contributed by atoms with E-state index >= 15 is 0 Å². The number of carbonyl (C=O) groups excluding carboxylic acids is 1. The molecular weight excluding hydrogens is 328 g/mol. The molecule has 0 aliphatic carbocycles. The van der Waals surface area contributed by atoms with Crippen molar-refractivity contribution in [1.29, 1.82) is 0 Å². The lowest BCUT2D eigenvalue weighted by Gasteiger charge is -2.25. The standard InChI is InChI=1S/C16H26N4O3S/c1-3-19(4-2)16(21)14-18-9-6-10-20(12-11-18)24(22,23)15-7-5-8-17-13-15/h5,7-8,13H,3-4,6,9-12,14H2,1-2H3. The highest BCUT2D eigenvalue weighted by Crippen LogP contribution is 2.16. The molecular formula is C16H26N4O3S. The van der Waals surface area contributed by atoms with Crippen LogP contribution in [0.25, 0.3) is 0 Å². The predicted molar refractivity (Wildman–Crippen MR) is 92.0 cm³/mol. The number of amides is 1. The molecule has 0 unspecified atom stereocenters. The van der Waals surface area contributed by atoms with Crippen LogP contribution in [0.15, 0.2) is 29.4 Å². The van der Waals surface area contributed by atoms with Gasteiger partial charge < -0.3 is 4.90 Å². The van der Waals surface area contributed by atoms with Crippen molar-refractivity contribution in [2.24, 2.45) is 0 Å². The molecule has 1 amide bonds. The fourth-order valence-electron chi connectivity index (χ4n) is 2.86. The van der Waals surface area contributed by atoms with E-state index < -0.39 is 10.0 Å². The van der Waals surface area contributed by atoms with Gasteiger partial charge in [-0.15, -0.1) is 0 Å². The number of hydrogen-bond donors (Lipinski definition) is 0. The zero-order chi connectivity index (χ0) is 17.6. The highest BCUT2D eigenvalue weighted by atomic mass is 32.2. The third-order valence-electron chi connectivity index (χ3n) is 4.29. The number of sulfonamides is 1. The molecule has 1 saturated heterocycles. The second-order valence-corrected chi connectivity index (χ2v) is 7.73. The van der Waals surface area contributed by atoms with E-state index in [-0.39, 0.29) is 10.8 Å². The highest BCUT2D eigenvalue weighted by molar-refractivity contribution is 7.89. The number of rotatable bonds is 6. The summed E-state index contributed by atoms with van der Waals surface area (Å²) in [4.78, 5) is 20.2. The summed E-state index contributed by atoms with van der Waals surface area (Å²) in [6.07, 6.45) is 3.65. The molecule has 1 aromatic rings. The Morgan fingerprint density at radius 3 is 2.58 bits per heavy atom. The van der Waals surface area contributed by atoms with Crippen LogP contribution < -0.4 is 0 Å². The van der Waals surface area contributed by atoms with E-state index in [2.05, 4.69) is 4.98 Å². The number of pyridine rings is 1. The Morgan fingerprint density at radius 2 is 1.96 bits per heavy atom. The Bertz CT molecular complexity index is 632. The van der Waals surface area contributed by atoms with Gasteiger partial charge in [-0.1, -0.05) is 0 Å². The van der Waals surface area contributed by atoms with Crippen molar-refractivity contribution < 1.29 is 13.2 Å². The Hall–Kier alpha value is -1.51. The van der Waals surface area contributed by atoms with E-state index in [1.54, 1.807) is 23.2 Å². The summed E-state index contributed by atoms with van der Waals surface area (Å²) >= 11 is 0. The SMILES string of the molecule is CCN(CC)C(=O)CN1CCCN(S(=O)(=O)c2cccnc2)CC1. The van der Waals surface area contributed by atoms with Crippen molar-refractivity contribution >= 4 is 15.9 Å². The van der Waals surface area contributed by atoms with Gasteiger partial charge in [-0.25, -0.2) is 8.42 Å². The van der Waals surface area contributed by atoms with Gasteiger partial charge in [0.15, 0.2) is 0 Å². The molecule has 134 valence electrons. The molecule has 0 spiro atoms. The largest absolute Gasteiger partial charge is 0.342 e. The van der Waals surface area contributed by atoms with Crippen molar-refractivity contribution in [2.75, 3.05) is 45.8 Å². The van der Waals surface area contributed by atoms with E-state index in [9.17, 15) is 13.2 Å². The minimum Gasteiger partial charge on any atom is -0.342 e. The Morgan fingerprint density at radius 1 is 1.21 bits per heavy atom. The predicted octanol–water partition coefficient (Wildman–Crippen LogP) is 0.646. The van der Waals surface area contributed by atoms with E-state index in [0.717, 1.165) is 6.54 Å². The molecule has 8 heteroatoms. The van der Waals surface area contributed by atoms with Crippen LogP contribution in [-0.2, 0) is 14.8 Å². The number of aromatic nitrogens is 1. The molecule has 0 saturated carbocycles. The molecule has 0 bridgehead atoms. The zero-order valence-corrected chi connectivity index (χ0v) is 15.2. The molecule has 2 rings (SSSR count). The summed E-state index contributed by atoms with van der Waals surface area (Å²) in [6.45, 7) is 7.82. The number of hydrogen-bond acceptors (Lipinski definition) is 5. The van der Waals surface area contributed by atoms with Gasteiger partial charge in [-0.2, -0.15) is 4.31 Å². The van der Waals surface area contributed by atoms with Crippen LogP contribution in [0.5, 0.6) is 0 Å². The summed E-state index contributed by atoms with van der Waals surface area (Å²) < 4.78 is 26.8. The van der Waals surface area contributed by atoms with E-state index in [1.165, 1.54) is 10.5 Å². The van der Waals surface area contributed by atoms with Crippen LogP contribution in [0.3, 0.4) is 0 Å². The molecule has 0 radical (unpaired) electrons. The summed E-state index contributed by atoms with van der Waals surface area (Å²) in [7, 11) is -3.51.